The maximum absolute atomic E-state index is 11.7. The van der Waals surface area contributed by atoms with Crippen LogP contribution in [-0.4, -0.2) is 18.6 Å². The fourth-order valence-electron chi connectivity index (χ4n) is 1.28. The van der Waals surface area contributed by atoms with Crippen LogP contribution >= 0.6 is 23.2 Å². The van der Waals surface area contributed by atoms with E-state index in [-0.39, 0.29) is 5.91 Å². The van der Waals surface area contributed by atoms with Gasteiger partial charge in [0.1, 0.15) is 6.10 Å². The van der Waals surface area contributed by atoms with Crippen LogP contribution in [0.5, 0.6) is 0 Å². The smallest absolute Gasteiger partial charge is 0.253 e. The zero-order valence-corrected chi connectivity index (χ0v) is 11.1. The number of ether oxygens (including phenoxy) is 1. The number of nitrogens with one attached hydrogen (secondary N) is 1. The summed E-state index contributed by atoms with van der Waals surface area (Å²) in [7, 11) is 0. The van der Waals surface area contributed by atoms with Crippen LogP contribution in [0, 0.1) is 0 Å². The van der Waals surface area contributed by atoms with Gasteiger partial charge in [-0.2, -0.15) is 0 Å². The molecule has 0 saturated heterocycles. The van der Waals surface area contributed by atoms with Crippen molar-refractivity contribution in [3.05, 3.63) is 22.2 Å². The van der Waals surface area contributed by atoms with Crippen molar-refractivity contribution < 1.29 is 9.53 Å². The van der Waals surface area contributed by atoms with Crippen LogP contribution in [0.2, 0.25) is 10.0 Å². The number of carbonyl (C=O) groups excluding carboxylic acids is 1. The summed E-state index contributed by atoms with van der Waals surface area (Å²) in [5.74, 6) is -0.303. The highest BCUT2D eigenvalue weighted by atomic mass is 35.5. The lowest BCUT2D eigenvalue weighted by atomic mass is 10.2. The largest absolute Gasteiger partial charge is 0.397 e. The quantitative estimate of drug-likeness (QED) is 0.831. The van der Waals surface area contributed by atoms with Gasteiger partial charge < -0.3 is 15.8 Å². The fraction of sp³-hybridized carbons (Fsp3) is 0.364. The van der Waals surface area contributed by atoms with Crippen LogP contribution in [0.25, 0.3) is 0 Å². The molecular weight excluding hydrogens is 263 g/mol. The summed E-state index contributed by atoms with van der Waals surface area (Å²) in [6.07, 6.45) is -0.564. The lowest BCUT2D eigenvalue weighted by Crippen LogP contribution is -2.28. The number of carbonyl (C=O) groups is 1. The minimum absolute atomic E-state index is 0.298. The van der Waals surface area contributed by atoms with Crippen molar-refractivity contribution in [2.45, 2.75) is 20.0 Å². The molecule has 4 nitrogen and oxygen atoms in total. The standard InChI is InChI=1S/C11H14Cl2N2O2/c1-3-17-6(2)11(16)15-10-8(13)4-7(12)5-9(10)14/h4-6H,3,14H2,1-2H3,(H,15,16). The molecule has 6 heteroatoms. The molecule has 0 aliphatic heterocycles. The minimum atomic E-state index is -0.564. The van der Waals surface area contributed by atoms with E-state index in [1.807, 2.05) is 6.92 Å². The molecule has 0 heterocycles. The Bertz CT molecular complexity index is 401. The molecule has 3 N–H and O–H groups in total. The van der Waals surface area contributed by atoms with E-state index in [1.165, 1.54) is 12.1 Å². The van der Waals surface area contributed by atoms with Gasteiger partial charge in [0.25, 0.3) is 5.91 Å². The first-order valence-corrected chi connectivity index (χ1v) is 5.88. The van der Waals surface area contributed by atoms with Crippen LogP contribution in [0.1, 0.15) is 13.8 Å². The molecule has 0 spiro atoms. The first-order valence-electron chi connectivity index (χ1n) is 5.12. The summed E-state index contributed by atoms with van der Waals surface area (Å²) in [4.78, 5) is 11.7. The molecule has 0 aromatic heterocycles. The number of amides is 1. The first-order chi connectivity index (χ1) is 7.95. The van der Waals surface area contributed by atoms with Crippen molar-refractivity contribution in [1.29, 1.82) is 0 Å². The highest BCUT2D eigenvalue weighted by Crippen LogP contribution is 2.32. The van der Waals surface area contributed by atoms with E-state index in [1.54, 1.807) is 6.92 Å². The topological polar surface area (TPSA) is 64.3 Å². The summed E-state index contributed by atoms with van der Waals surface area (Å²) in [6.45, 7) is 3.92. The van der Waals surface area contributed by atoms with Gasteiger partial charge in [-0.1, -0.05) is 23.2 Å². The Hall–Kier alpha value is -0.970. The number of rotatable bonds is 4. The van der Waals surface area contributed by atoms with Crippen molar-refractivity contribution in [1.82, 2.24) is 0 Å². The molecule has 1 aromatic carbocycles. The van der Waals surface area contributed by atoms with Crippen molar-refractivity contribution >= 4 is 40.5 Å². The highest BCUT2D eigenvalue weighted by molar-refractivity contribution is 6.37. The van der Waals surface area contributed by atoms with Crippen LogP contribution in [0.15, 0.2) is 12.1 Å². The first kappa shape index (κ1) is 14.1. The summed E-state index contributed by atoms with van der Waals surface area (Å²) in [5, 5.41) is 3.33. The number of halogens is 2. The summed E-state index contributed by atoms with van der Waals surface area (Å²) >= 11 is 11.7. The van der Waals surface area contributed by atoms with Gasteiger partial charge in [0.15, 0.2) is 0 Å². The predicted octanol–water partition coefficient (Wildman–Crippen LogP) is 2.94. The Morgan fingerprint density at radius 2 is 2.18 bits per heavy atom. The maximum atomic E-state index is 11.7. The van der Waals surface area contributed by atoms with Crippen molar-refractivity contribution in [3.63, 3.8) is 0 Å². The van der Waals surface area contributed by atoms with Crippen LogP contribution in [-0.2, 0) is 9.53 Å². The molecule has 0 radical (unpaired) electrons. The third-order valence-corrected chi connectivity index (χ3v) is 2.64. The van der Waals surface area contributed by atoms with Crippen molar-refractivity contribution in [2.24, 2.45) is 0 Å². The van der Waals surface area contributed by atoms with Crippen LogP contribution in [0.4, 0.5) is 11.4 Å². The van der Waals surface area contributed by atoms with E-state index in [4.69, 9.17) is 33.7 Å². The minimum Gasteiger partial charge on any atom is -0.397 e. The van der Waals surface area contributed by atoms with E-state index in [9.17, 15) is 4.79 Å². The monoisotopic (exact) mass is 276 g/mol. The summed E-state index contributed by atoms with van der Waals surface area (Å²) in [5.41, 5.74) is 6.39. The van der Waals surface area contributed by atoms with Gasteiger partial charge in [0.2, 0.25) is 0 Å². The van der Waals surface area contributed by atoms with Gasteiger partial charge in [-0.25, -0.2) is 0 Å². The van der Waals surface area contributed by atoms with Gasteiger partial charge in [-0.15, -0.1) is 0 Å². The SMILES string of the molecule is CCOC(C)C(=O)Nc1c(N)cc(Cl)cc1Cl. The fourth-order valence-corrected chi connectivity index (χ4v) is 1.83. The second-order valence-electron chi connectivity index (χ2n) is 3.44. The van der Waals surface area contributed by atoms with E-state index >= 15 is 0 Å². The molecule has 0 saturated carbocycles. The number of hydrogen-bond donors (Lipinski definition) is 2. The zero-order valence-electron chi connectivity index (χ0n) is 9.59. The van der Waals surface area contributed by atoms with E-state index in [0.29, 0.717) is 28.0 Å². The van der Waals surface area contributed by atoms with Gasteiger partial charge in [0, 0.05) is 11.6 Å². The van der Waals surface area contributed by atoms with Crippen molar-refractivity contribution in [3.8, 4) is 0 Å². The molecule has 0 fully saturated rings. The number of benzene rings is 1. The second kappa shape index (κ2) is 6.10. The molecule has 1 rings (SSSR count). The molecule has 0 bridgehead atoms. The lowest BCUT2D eigenvalue weighted by Gasteiger charge is -2.14. The number of nitrogens with two attached hydrogens (primary N) is 1. The maximum Gasteiger partial charge on any atom is 0.253 e. The van der Waals surface area contributed by atoms with E-state index in [0.717, 1.165) is 0 Å². The molecule has 0 aliphatic carbocycles. The molecular formula is C11H14Cl2N2O2. The molecule has 94 valence electrons. The summed E-state index contributed by atoms with van der Waals surface area (Å²) in [6, 6.07) is 3.04. The normalized spacial score (nSPS) is 12.2. The van der Waals surface area contributed by atoms with E-state index < -0.39 is 6.10 Å². The predicted molar refractivity (Wildman–Crippen MR) is 70.6 cm³/mol. The molecule has 1 aromatic rings. The highest BCUT2D eigenvalue weighted by Gasteiger charge is 2.16. The summed E-state index contributed by atoms with van der Waals surface area (Å²) < 4.78 is 5.16. The zero-order chi connectivity index (χ0) is 13.0. The molecule has 17 heavy (non-hydrogen) atoms. The van der Waals surface area contributed by atoms with Gasteiger partial charge in [-0.3, -0.25) is 4.79 Å². The molecule has 0 aliphatic rings. The van der Waals surface area contributed by atoms with Gasteiger partial charge >= 0.3 is 0 Å². The second-order valence-corrected chi connectivity index (χ2v) is 4.28. The van der Waals surface area contributed by atoms with Gasteiger partial charge in [0.05, 0.1) is 16.4 Å². The Morgan fingerprint density at radius 3 is 2.71 bits per heavy atom. The third-order valence-electron chi connectivity index (χ3n) is 2.12. The number of hydrogen-bond acceptors (Lipinski definition) is 3. The third kappa shape index (κ3) is 3.77. The molecule has 1 unspecified atom stereocenters. The average molecular weight is 277 g/mol. The van der Waals surface area contributed by atoms with Crippen molar-refractivity contribution in [2.75, 3.05) is 17.7 Å². The number of nitrogen functional groups attached to an aromatic ring is 1. The Kier molecular flexibility index (Phi) is 5.05. The Balaban J connectivity index is 2.85. The van der Waals surface area contributed by atoms with Crippen LogP contribution < -0.4 is 11.1 Å². The van der Waals surface area contributed by atoms with Crippen LogP contribution in [0.3, 0.4) is 0 Å². The van der Waals surface area contributed by atoms with E-state index in [2.05, 4.69) is 5.32 Å². The molecule has 1 atom stereocenters. The Morgan fingerprint density at radius 1 is 1.53 bits per heavy atom. The lowest BCUT2D eigenvalue weighted by molar-refractivity contribution is -0.126. The Labute approximate surface area is 110 Å². The average Bonchev–Trinajstić information content (AvgIpc) is 2.23. The van der Waals surface area contributed by atoms with Gasteiger partial charge in [-0.05, 0) is 26.0 Å². The molecule has 1 amide bonds. The number of anilines is 2.